The molecule has 1 aromatic rings. The van der Waals surface area contributed by atoms with Crippen LogP contribution >= 0.6 is 23.2 Å². The summed E-state index contributed by atoms with van der Waals surface area (Å²) >= 11 is 13.1. The number of hydrogen-bond acceptors (Lipinski definition) is 5. The number of nitrogens with one attached hydrogen (secondary N) is 1. The molecule has 0 aliphatic carbocycles. The van der Waals surface area contributed by atoms with Crippen LogP contribution in [-0.4, -0.2) is 55.6 Å². The SMILES string of the molecule is CC[Si](CC)(CC)OC(CNCC1CCCCN1C(=O)OC(C)(C)C)c1c(Cl)cncc1Cl. The van der Waals surface area contributed by atoms with E-state index in [4.69, 9.17) is 32.4 Å². The van der Waals surface area contributed by atoms with Gasteiger partial charge >= 0.3 is 6.09 Å². The number of carbonyl (C=O) groups is 1. The van der Waals surface area contributed by atoms with E-state index in [0.717, 1.165) is 49.5 Å². The Balaban J connectivity index is 2.15. The molecule has 1 aliphatic rings. The zero-order chi connectivity index (χ0) is 24.6. The Hall–Kier alpha value is -0.863. The van der Waals surface area contributed by atoms with Crippen molar-refractivity contribution in [1.29, 1.82) is 0 Å². The van der Waals surface area contributed by atoms with Crippen molar-refractivity contribution in [3.05, 3.63) is 28.0 Å². The van der Waals surface area contributed by atoms with Gasteiger partial charge in [-0.2, -0.15) is 0 Å². The second-order valence-electron chi connectivity index (χ2n) is 9.85. The maximum absolute atomic E-state index is 12.8. The third-order valence-corrected chi connectivity index (χ3v) is 11.8. The highest BCUT2D eigenvalue weighted by atomic mass is 35.5. The molecule has 33 heavy (non-hydrogen) atoms. The summed E-state index contributed by atoms with van der Waals surface area (Å²) in [4.78, 5) is 18.7. The molecular formula is C24H41Cl2N3O3Si. The van der Waals surface area contributed by atoms with E-state index in [-0.39, 0.29) is 18.2 Å². The maximum atomic E-state index is 12.8. The van der Waals surface area contributed by atoms with Crippen molar-refractivity contribution in [1.82, 2.24) is 15.2 Å². The second kappa shape index (κ2) is 12.7. The molecule has 0 aromatic carbocycles. The molecule has 2 heterocycles. The number of hydrogen-bond donors (Lipinski definition) is 1. The Kier molecular flexibility index (Phi) is 10.9. The molecule has 2 atom stereocenters. The lowest BCUT2D eigenvalue weighted by Gasteiger charge is -2.38. The fourth-order valence-electron chi connectivity index (χ4n) is 4.39. The summed E-state index contributed by atoms with van der Waals surface area (Å²) in [6.45, 7) is 14.3. The van der Waals surface area contributed by atoms with E-state index in [1.54, 1.807) is 12.4 Å². The molecule has 0 bridgehead atoms. The molecule has 6 nitrogen and oxygen atoms in total. The molecule has 1 N–H and O–H groups in total. The molecule has 9 heteroatoms. The Morgan fingerprint density at radius 1 is 1.18 bits per heavy atom. The number of halogens is 2. The monoisotopic (exact) mass is 517 g/mol. The number of ether oxygens (including phenoxy) is 1. The van der Waals surface area contributed by atoms with Gasteiger partial charge < -0.3 is 19.4 Å². The minimum absolute atomic E-state index is 0.0863. The van der Waals surface area contributed by atoms with Crippen LogP contribution in [0.25, 0.3) is 0 Å². The number of nitrogens with zero attached hydrogens (tertiary/aromatic N) is 2. The first-order valence-corrected chi connectivity index (χ1v) is 15.5. The van der Waals surface area contributed by atoms with E-state index in [9.17, 15) is 4.79 Å². The topological polar surface area (TPSA) is 63.7 Å². The van der Waals surface area contributed by atoms with E-state index >= 15 is 0 Å². The van der Waals surface area contributed by atoms with Crippen molar-refractivity contribution in [3.63, 3.8) is 0 Å². The van der Waals surface area contributed by atoms with Gasteiger partial charge in [-0.25, -0.2) is 4.79 Å². The highest BCUT2D eigenvalue weighted by Crippen LogP contribution is 2.36. The number of likely N-dealkylation sites (tertiary alicyclic amines) is 1. The lowest BCUT2D eigenvalue weighted by molar-refractivity contribution is 0.00972. The van der Waals surface area contributed by atoms with Gasteiger partial charge in [0, 0.05) is 43.6 Å². The van der Waals surface area contributed by atoms with Gasteiger partial charge in [0.15, 0.2) is 8.32 Å². The van der Waals surface area contributed by atoms with Gasteiger partial charge in [-0.3, -0.25) is 4.98 Å². The Bertz CT molecular complexity index is 743. The van der Waals surface area contributed by atoms with Crippen molar-refractivity contribution in [3.8, 4) is 0 Å². The van der Waals surface area contributed by atoms with Crippen LogP contribution in [0.2, 0.25) is 28.2 Å². The van der Waals surface area contributed by atoms with Crippen molar-refractivity contribution < 1.29 is 14.0 Å². The van der Waals surface area contributed by atoms with Crippen LogP contribution in [0.15, 0.2) is 12.4 Å². The Labute approximate surface area is 210 Å². The number of carbonyl (C=O) groups excluding carboxylic acids is 1. The molecule has 0 spiro atoms. The Morgan fingerprint density at radius 2 is 1.79 bits per heavy atom. The van der Waals surface area contributed by atoms with Gasteiger partial charge in [-0.15, -0.1) is 0 Å². The van der Waals surface area contributed by atoms with Gasteiger partial charge in [-0.05, 0) is 58.2 Å². The molecule has 188 valence electrons. The molecule has 0 saturated carbocycles. The van der Waals surface area contributed by atoms with Crippen LogP contribution in [0.3, 0.4) is 0 Å². The van der Waals surface area contributed by atoms with Crippen LogP contribution in [0.5, 0.6) is 0 Å². The minimum atomic E-state index is -1.92. The van der Waals surface area contributed by atoms with E-state index in [2.05, 4.69) is 31.1 Å². The van der Waals surface area contributed by atoms with E-state index in [1.807, 2.05) is 25.7 Å². The van der Waals surface area contributed by atoms with E-state index < -0.39 is 13.9 Å². The summed E-state index contributed by atoms with van der Waals surface area (Å²) in [6, 6.07) is 3.19. The van der Waals surface area contributed by atoms with Crippen LogP contribution in [0.4, 0.5) is 4.79 Å². The number of piperidine rings is 1. The van der Waals surface area contributed by atoms with E-state index in [1.165, 1.54) is 0 Å². The fraction of sp³-hybridized carbons (Fsp3) is 0.750. The molecule has 1 amide bonds. The molecule has 2 unspecified atom stereocenters. The molecule has 1 fully saturated rings. The van der Waals surface area contributed by atoms with Gasteiger partial charge in [0.25, 0.3) is 0 Å². The van der Waals surface area contributed by atoms with E-state index in [0.29, 0.717) is 23.1 Å². The summed E-state index contributed by atoms with van der Waals surface area (Å²) in [5.41, 5.74) is 0.287. The summed E-state index contributed by atoms with van der Waals surface area (Å²) < 4.78 is 12.5. The van der Waals surface area contributed by atoms with Crippen molar-refractivity contribution in [2.24, 2.45) is 0 Å². The predicted octanol–water partition coefficient (Wildman–Crippen LogP) is 6.83. The van der Waals surface area contributed by atoms with Crippen LogP contribution < -0.4 is 5.32 Å². The minimum Gasteiger partial charge on any atom is -0.444 e. The number of rotatable bonds is 10. The normalized spacial score (nSPS) is 18.3. The maximum Gasteiger partial charge on any atom is 0.410 e. The number of pyridine rings is 1. The smallest absolute Gasteiger partial charge is 0.410 e. The van der Waals surface area contributed by atoms with Crippen molar-refractivity contribution >= 4 is 37.6 Å². The largest absolute Gasteiger partial charge is 0.444 e. The summed E-state index contributed by atoms with van der Waals surface area (Å²) in [5, 5.41) is 4.60. The zero-order valence-corrected chi connectivity index (χ0v) is 23.6. The lowest BCUT2D eigenvalue weighted by atomic mass is 10.0. The number of amides is 1. The molecule has 1 saturated heterocycles. The van der Waals surface area contributed by atoms with Crippen LogP contribution in [0.1, 0.15) is 72.5 Å². The van der Waals surface area contributed by atoms with Gasteiger partial charge in [0.1, 0.15) is 5.60 Å². The standard InChI is InChI=1S/C24H41Cl2N3O3Si/c1-7-33(8-2,9-3)32-21(22-19(25)15-28-16-20(22)26)17-27-14-18-12-10-11-13-29(18)23(30)31-24(4,5)6/h15-16,18,21,27H,7-14,17H2,1-6H3. The Morgan fingerprint density at radius 3 is 2.33 bits per heavy atom. The average Bonchev–Trinajstić information content (AvgIpc) is 2.76. The lowest BCUT2D eigenvalue weighted by Crippen LogP contribution is -2.50. The van der Waals surface area contributed by atoms with Gasteiger partial charge in [-0.1, -0.05) is 44.0 Å². The number of aromatic nitrogens is 1. The first kappa shape index (κ1) is 28.4. The van der Waals surface area contributed by atoms with Crippen LogP contribution in [-0.2, 0) is 9.16 Å². The van der Waals surface area contributed by atoms with Crippen LogP contribution in [0, 0.1) is 0 Å². The molecule has 2 rings (SSSR count). The zero-order valence-electron chi connectivity index (χ0n) is 21.0. The first-order valence-electron chi connectivity index (χ1n) is 12.2. The molecule has 1 aromatic heterocycles. The summed E-state index contributed by atoms with van der Waals surface area (Å²) in [5.74, 6) is 0. The fourth-order valence-corrected chi connectivity index (χ4v) is 7.80. The average molecular weight is 519 g/mol. The highest BCUT2D eigenvalue weighted by molar-refractivity contribution is 6.73. The molecular weight excluding hydrogens is 477 g/mol. The van der Waals surface area contributed by atoms with Gasteiger partial charge in [0.2, 0.25) is 0 Å². The third-order valence-electron chi connectivity index (χ3n) is 6.50. The van der Waals surface area contributed by atoms with Crippen molar-refractivity contribution in [2.75, 3.05) is 19.6 Å². The molecule has 1 aliphatic heterocycles. The van der Waals surface area contributed by atoms with Crippen molar-refractivity contribution in [2.45, 2.75) is 96.7 Å². The predicted molar refractivity (Wildman–Crippen MR) is 139 cm³/mol. The highest BCUT2D eigenvalue weighted by Gasteiger charge is 2.35. The summed E-state index contributed by atoms with van der Waals surface area (Å²) in [6.07, 6.45) is 5.79. The first-order chi connectivity index (χ1) is 15.6. The second-order valence-corrected chi connectivity index (χ2v) is 15.4. The molecule has 0 radical (unpaired) electrons. The quantitative estimate of drug-likeness (QED) is 0.344. The summed E-state index contributed by atoms with van der Waals surface area (Å²) in [7, 11) is -1.92. The third kappa shape index (κ3) is 8.10. The van der Waals surface area contributed by atoms with Gasteiger partial charge in [0.05, 0.1) is 16.1 Å².